The van der Waals surface area contributed by atoms with Gasteiger partial charge in [-0.25, -0.2) is 4.79 Å². The van der Waals surface area contributed by atoms with Gasteiger partial charge in [0.15, 0.2) is 0 Å². The Bertz CT molecular complexity index is 392. The van der Waals surface area contributed by atoms with E-state index in [2.05, 4.69) is 0 Å². The van der Waals surface area contributed by atoms with Gasteiger partial charge in [0.05, 0.1) is 19.8 Å². The third kappa shape index (κ3) is 2.91. The van der Waals surface area contributed by atoms with Crippen molar-refractivity contribution < 1.29 is 19.4 Å². The molecule has 1 fully saturated rings. The van der Waals surface area contributed by atoms with Gasteiger partial charge in [0, 0.05) is 11.0 Å². The van der Waals surface area contributed by atoms with Crippen LogP contribution in [0.25, 0.3) is 6.08 Å². The highest BCUT2D eigenvalue weighted by Crippen LogP contribution is 2.21. The SMILES string of the molecule is O=C(O)/C=C/c1ccsc1COC1COC1. The summed E-state index contributed by atoms with van der Waals surface area (Å²) in [6, 6.07) is 1.89. The minimum atomic E-state index is -0.939. The van der Waals surface area contributed by atoms with Crippen molar-refractivity contribution in [3.8, 4) is 0 Å². The van der Waals surface area contributed by atoms with Gasteiger partial charge in [0.25, 0.3) is 0 Å². The first kappa shape index (κ1) is 11.3. The molecule has 1 saturated heterocycles. The van der Waals surface area contributed by atoms with Gasteiger partial charge in [-0.3, -0.25) is 0 Å². The van der Waals surface area contributed by atoms with Gasteiger partial charge in [0.1, 0.15) is 6.10 Å². The van der Waals surface area contributed by atoms with Crippen molar-refractivity contribution in [2.75, 3.05) is 13.2 Å². The fraction of sp³-hybridized carbons (Fsp3) is 0.364. The first-order chi connectivity index (χ1) is 7.75. The number of carboxylic acids is 1. The van der Waals surface area contributed by atoms with Gasteiger partial charge in [-0.05, 0) is 23.1 Å². The molecule has 1 aromatic rings. The summed E-state index contributed by atoms with van der Waals surface area (Å²) in [5.41, 5.74) is 0.910. The second-order valence-corrected chi connectivity index (χ2v) is 4.44. The molecule has 0 saturated carbocycles. The molecular weight excluding hydrogens is 228 g/mol. The van der Waals surface area contributed by atoms with Gasteiger partial charge in [-0.2, -0.15) is 0 Å². The van der Waals surface area contributed by atoms with E-state index in [0.717, 1.165) is 16.5 Å². The van der Waals surface area contributed by atoms with E-state index in [-0.39, 0.29) is 6.10 Å². The average Bonchev–Trinajstić information content (AvgIpc) is 2.60. The van der Waals surface area contributed by atoms with E-state index in [1.807, 2.05) is 11.4 Å². The standard InChI is InChI=1S/C11H12O4S/c12-11(13)2-1-8-3-4-16-10(8)7-15-9-5-14-6-9/h1-4,9H,5-7H2,(H,12,13)/b2-1+. The molecule has 0 bridgehead atoms. The topological polar surface area (TPSA) is 55.8 Å². The van der Waals surface area contributed by atoms with Crippen molar-refractivity contribution in [1.82, 2.24) is 0 Å². The lowest BCUT2D eigenvalue weighted by Gasteiger charge is -2.25. The summed E-state index contributed by atoms with van der Waals surface area (Å²) < 4.78 is 10.6. The largest absolute Gasteiger partial charge is 0.478 e. The fourth-order valence-corrected chi connectivity index (χ4v) is 2.07. The number of aliphatic carboxylic acids is 1. The molecule has 0 unspecified atom stereocenters. The number of carbonyl (C=O) groups is 1. The molecule has 4 nitrogen and oxygen atoms in total. The van der Waals surface area contributed by atoms with E-state index in [0.29, 0.717) is 19.8 Å². The first-order valence-corrected chi connectivity index (χ1v) is 5.80. The van der Waals surface area contributed by atoms with Crippen LogP contribution in [0.5, 0.6) is 0 Å². The Hall–Kier alpha value is -1.17. The Balaban J connectivity index is 1.92. The summed E-state index contributed by atoms with van der Waals surface area (Å²) in [4.78, 5) is 11.4. The maximum atomic E-state index is 10.4. The van der Waals surface area contributed by atoms with E-state index in [9.17, 15) is 4.79 Å². The molecule has 0 atom stereocenters. The molecule has 0 spiro atoms. The zero-order valence-corrected chi connectivity index (χ0v) is 9.40. The minimum absolute atomic E-state index is 0.193. The molecule has 86 valence electrons. The quantitative estimate of drug-likeness (QED) is 0.797. The van der Waals surface area contributed by atoms with Crippen LogP contribution in [-0.2, 0) is 20.9 Å². The first-order valence-electron chi connectivity index (χ1n) is 4.92. The summed E-state index contributed by atoms with van der Waals surface area (Å²) in [5.74, 6) is -0.939. The smallest absolute Gasteiger partial charge is 0.328 e. The summed E-state index contributed by atoms with van der Waals surface area (Å²) >= 11 is 1.57. The lowest BCUT2D eigenvalue weighted by molar-refractivity contribution is -0.134. The number of ether oxygens (including phenoxy) is 2. The minimum Gasteiger partial charge on any atom is -0.478 e. The predicted molar refractivity (Wildman–Crippen MR) is 60.4 cm³/mol. The van der Waals surface area contributed by atoms with Crippen LogP contribution in [0.15, 0.2) is 17.5 Å². The fourth-order valence-electron chi connectivity index (χ4n) is 1.28. The highest BCUT2D eigenvalue weighted by Gasteiger charge is 2.19. The summed E-state index contributed by atoms with van der Waals surface area (Å²) in [6.45, 7) is 1.84. The van der Waals surface area contributed by atoms with E-state index >= 15 is 0 Å². The van der Waals surface area contributed by atoms with Crippen molar-refractivity contribution in [2.45, 2.75) is 12.7 Å². The van der Waals surface area contributed by atoms with E-state index in [1.165, 1.54) is 0 Å². The Morgan fingerprint density at radius 2 is 2.50 bits per heavy atom. The highest BCUT2D eigenvalue weighted by atomic mass is 32.1. The molecule has 1 N–H and O–H groups in total. The third-order valence-electron chi connectivity index (χ3n) is 2.24. The molecule has 1 aliphatic heterocycles. The molecular formula is C11H12O4S. The summed E-state index contributed by atoms with van der Waals surface area (Å²) in [5, 5.41) is 10.5. The van der Waals surface area contributed by atoms with Crippen molar-refractivity contribution in [2.24, 2.45) is 0 Å². The molecule has 16 heavy (non-hydrogen) atoms. The number of carboxylic acid groups (broad SMARTS) is 1. The second-order valence-electron chi connectivity index (χ2n) is 3.44. The molecule has 5 heteroatoms. The van der Waals surface area contributed by atoms with Gasteiger partial charge >= 0.3 is 5.97 Å². The average molecular weight is 240 g/mol. The Kier molecular flexibility index (Phi) is 3.71. The van der Waals surface area contributed by atoms with Crippen LogP contribution in [-0.4, -0.2) is 30.4 Å². The maximum absolute atomic E-state index is 10.4. The number of thiophene rings is 1. The molecule has 1 aromatic heterocycles. The number of hydrogen-bond donors (Lipinski definition) is 1. The van der Waals surface area contributed by atoms with Gasteiger partial charge in [0.2, 0.25) is 0 Å². The normalized spacial score (nSPS) is 16.5. The number of rotatable bonds is 5. The molecule has 0 aromatic carbocycles. The maximum Gasteiger partial charge on any atom is 0.328 e. The third-order valence-corrected chi connectivity index (χ3v) is 3.15. The van der Waals surface area contributed by atoms with E-state index < -0.39 is 5.97 Å². The van der Waals surface area contributed by atoms with Crippen LogP contribution < -0.4 is 0 Å². The second kappa shape index (κ2) is 5.25. The van der Waals surface area contributed by atoms with Crippen molar-refractivity contribution in [1.29, 1.82) is 0 Å². The van der Waals surface area contributed by atoms with Crippen LogP contribution in [0.4, 0.5) is 0 Å². The Labute approximate surface area is 97.1 Å². The van der Waals surface area contributed by atoms with Crippen LogP contribution in [0.2, 0.25) is 0 Å². The number of hydrogen-bond acceptors (Lipinski definition) is 4. The molecule has 0 radical (unpaired) electrons. The highest BCUT2D eigenvalue weighted by molar-refractivity contribution is 7.10. The van der Waals surface area contributed by atoms with E-state index in [1.54, 1.807) is 17.4 Å². The Morgan fingerprint density at radius 1 is 1.69 bits per heavy atom. The zero-order valence-electron chi connectivity index (χ0n) is 8.59. The van der Waals surface area contributed by atoms with Gasteiger partial charge < -0.3 is 14.6 Å². The van der Waals surface area contributed by atoms with Crippen molar-refractivity contribution in [3.05, 3.63) is 28.0 Å². The van der Waals surface area contributed by atoms with Crippen LogP contribution in [0.3, 0.4) is 0 Å². The van der Waals surface area contributed by atoms with Crippen LogP contribution >= 0.6 is 11.3 Å². The van der Waals surface area contributed by atoms with E-state index in [4.69, 9.17) is 14.6 Å². The summed E-state index contributed by atoms with van der Waals surface area (Å²) in [6.07, 6.45) is 2.92. The monoisotopic (exact) mass is 240 g/mol. The van der Waals surface area contributed by atoms with Crippen molar-refractivity contribution >= 4 is 23.4 Å². The van der Waals surface area contributed by atoms with Crippen LogP contribution in [0.1, 0.15) is 10.4 Å². The molecule has 0 aliphatic carbocycles. The molecule has 1 aliphatic rings. The molecule has 0 amide bonds. The predicted octanol–water partition coefficient (Wildman–Crippen LogP) is 1.76. The van der Waals surface area contributed by atoms with Crippen LogP contribution in [0, 0.1) is 0 Å². The summed E-state index contributed by atoms with van der Waals surface area (Å²) in [7, 11) is 0. The lowest BCUT2D eigenvalue weighted by atomic mass is 10.2. The molecule has 2 heterocycles. The van der Waals surface area contributed by atoms with Crippen molar-refractivity contribution in [3.63, 3.8) is 0 Å². The Morgan fingerprint density at radius 3 is 3.12 bits per heavy atom. The van der Waals surface area contributed by atoms with Gasteiger partial charge in [-0.15, -0.1) is 11.3 Å². The zero-order chi connectivity index (χ0) is 11.4. The van der Waals surface area contributed by atoms with Gasteiger partial charge in [-0.1, -0.05) is 0 Å². The lowest BCUT2D eigenvalue weighted by Crippen LogP contribution is -2.35. The molecule has 2 rings (SSSR count).